The highest BCUT2D eigenvalue weighted by Crippen LogP contribution is 2.19. The summed E-state index contributed by atoms with van der Waals surface area (Å²) in [6, 6.07) is 5.08. The Bertz CT molecular complexity index is 280. The molecule has 0 unspecified atom stereocenters. The molecule has 0 bridgehead atoms. The Morgan fingerprint density at radius 3 is 2.50 bits per heavy atom. The summed E-state index contributed by atoms with van der Waals surface area (Å²) in [6.45, 7) is 0. The van der Waals surface area contributed by atoms with Crippen LogP contribution in [0.1, 0.15) is 0 Å². The topological polar surface area (TPSA) is 66.5 Å². The van der Waals surface area contributed by atoms with E-state index in [-0.39, 0.29) is 0 Å². The zero-order valence-electron chi connectivity index (χ0n) is 6.69. The van der Waals surface area contributed by atoms with Crippen molar-refractivity contribution in [2.75, 3.05) is 12.0 Å². The number of hydrogen-bond acceptors (Lipinski definition) is 4. The van der Waals surface area contributed by atoms with Crippen LogP contribution in [0, 0.1) is 0 Å². The van der Waals surface area contributed by atoms with Crippen LogP contribution < -0.4 is 11.2 Å². The summed E-state index contributed by atoms with van der Waals surface area (Å²) < 4.78 is 0. The number of anilines is 1. The summed E-state index contributed by atoms with van der Waals surface area (Å²) in [6.07, 6.45) is 1.84. The molecule has 3 nitrogen and oxygen atoms in total. The molecule has 1 aromatic rings. The second kappa shape index (κ2) is 3.84. The molecule has 0 radical (unpaired) electrons. The van der Waals surface area contributed by atoms with Crippen LogP contribution in [0.15, 0.2) is 23.1 Å². The number of nitrogen functional groups attached to an aromatic ring is 1. The Hall–Kier alpha value is -0.645. The van der Waals surface area contributed by atoms with Gasteiger partial charge >= 0.3 is 7.12 Å². The normalized spacial score (nSPS) is 9.92. The molecule has 5 heteroatoms. The van der Waals surface area contributed by atoms with Gasteiger partial charge in [-0.3, -0.25) is 0 Å². The molecule has 0 aliphatic heterocycles. The molecule has 0 heterocycles. The van der Waals surface area contributed by atoms with E-state index >= 15 is 0 Å². The third kappa shape index (κ3) is 1.74. The Morgan fingerprint density at radius 2 is 2.08 bits per heavy atom. The Kier molecular flexibility index (Phi) is 3.02. The van der Waals surface area contributed by atoms with Crippen molar-refractivity contribution >= 4 is 30.0 Å². The molecule has 4 N–H and O–H groups in total. The zero-order valence-corrected chi connectivity index (χ0v) is 7.51. The van der Waals surface area contributed by atoms with Gasteiger partial charge in [0, 0.05) is 10.6 Å². The molecular weight excluding hydrogens is 173 g/mol. The van der Waals surface area contributed by atoms with E-state index in [1.54, 1.807) is 18.2 Å². The second-order valence-corrected chi connectivity index (χ2v) is 3.16. The monoisotopic (exact) mass is 183 g/mol. The minimum atomic E-state index is -1.45. The molecule has 0 aromatic heterocycles. The van der Waals surface area contributed by atoms with Gasteiger partial charge in [0.1, 0.15) is 0 Å². The highest BCUT2D eigenvalue weighted by Gasteiger charge is 2.16. The second-order valence-electron chi connectivity index (χ2n) is 2.34. The van der Waals surface area contributed by atoms with Crippen molar-refractivity contribution in [1.82, 2.24) is 0 Å². The van der Waals surface area contributed by atoms with Crippen LogP contribution in [0.2, 0.25) is 0 Å². The number of rotatable bonds is 2. The van der Waals surface area contributed by atoms with Gasteiger partial charge in [0.15, 0.2) is 0 Å². The van der Waals surface area contributed by atoms with Crippen LogP contribution in [-0.4, -0.2) is 23.4 Å². The van der Waals surface area contributed by atoms with Gasteiger partial charge in [-0.05, 0) is 17.8 Å². The lowest BCUT2D eigenvalue weighted by Crippen LogP contribution is -2.31. The van der Waals surface area contributed by atoms with Crippen molar-refractivity contribution in [2.45, 2.75) is 4.90 Å². The number of nitrogens with two attached hydrogens (primary N) is 1. The number of thioether (sulfide) groups is 1. The minimum Gasteiger partial charge on any atom is -0.423 e. The smallest absolute Gasteiger partial charge is 0.423 e. The SMILES string of the molecule is CSc1c(N)cccc1B(O)O. The third-order valence-corrected chi connectivity index (χ3v) is 2.44. The van der Waals surface area contributed by atoms with Crippen LogP contribution in [0.5, 0.6) is 0 Å². The van der Waals surface area contributed by atoms with E-state index in [0.717, 1.165) is 4.90 Å². The van der Waals surface area contributed by atoms with Gasteiger partial charge in [-0.15, -0.1) is 11.8 Å². The molecule has 0 aliphatic rings. The summed E-state index contributed by atoms with van der Waals surface area (Å²) in [7, 11) is -1.45. The van der Waals surface area contributed by atoms with Gasteiger partial charge < -0.3 is 15.8 Å². The highest BCUT2D eigenvalue weighted by molar-refractivity contribution is 7.99. The Balaban J connectivity index is 3.18. The quantitative estimate of drug-likeness (QED) is 0.333. The van der Waals surface area contributed by atoms with E-state index in [1.165, 1.54) is 11.8 Å². The average molecular weight is 183 g/mol. The van der Waals surface area contributed by atoms with Crippen LogP contribution in [-0.2, 0) is 0 Å². The molecule has 1 aromatic carbocycles. The molecule has 0 saturated carbocycles. The van der Waals surface area contributed by atoms with E-state index in [4.69, 9.17) is 15.8 Å². The molecule has 0 aliphatic carbocycles. The van der Waals surface area contributed by atoms with Crippen molar-refractivity contribution in [1.29, 1.82) is 0 Å². The van der Waals surface area contributed by atoms with Crippen LogP contribution >= 0.6 is 11.8 Å². The summed E-state index contributed by atoms with van der Waals surface area (Å²) in [4.78, 5) is 0.729. The van der Waals surface area contributed by atoms with E-state index in [1.807, 2.05) is 6.26 Å². The first kappa shape index (κ1) is 9.44. The van der Waals surface area contributed by atoms with Crippen molar-refractivity contribution in [2.24, 2.45) is 0 Å². The lowest BCUT2D eigenvalue weighted by Gasteiger charge is -2.08. The standard InChI is InChI=1S/C7H10BNO2S/c1-12-7-5(8(10)11)3-2-4-6(7)9/h2-4,10-11H,9H2,1H3. The fourth-order valence-electron chi connectivity index (χ4n) is 1.01. The van der Waals surface area contributed by atoms with Gasteiger partial charge in [0.2, 0.25) is 0 Å². The largest absolute Gasteiger partial charge is 0.489 e. The fourth-order valence-corrected chi connectivity index (χ4v) is 1.73. The van der Waals surface area contributed by atoms with E-state index in [0.29, 0.717) is 11.2 Å². The molecule has 12 heavy (non-hydrogen) atoms. The van der Waals surface area contributed by atoms with E-state index in [9.17, 15) is 0 Å². The summed E-state index contributed by atoms with van der Waals surface area (Å²) >= 11 is 1.41. The molecule has 1 rings (SSSR count). The first-order valence-corrected chi connectivity index (χ1v) is 4.67. The van der Waals surface area contributed by atoms with Gasteiger partial charge in [-0.1, -0.05) is 12.1 Å². The molecule has 0 fully saturated rings. The molecule has 64 valence electrons. The lowest BCUT2D eigenvalue weighted by molar-refractivity contribution is 0.425. The van der Waals surface area contributed by atoms with Gasteiger partial charge in [0.25, 0.3) is 0 Å². The molecule has 0 saturated heterocycles. The molecular formula is C7H10BNO2S. The van der Waals surface area contributed by atoms with Gasteiger partial charge in [-0.2, -0.15) is 0 Å². The minimum absolute atomic E-state index is 0.461. The summed E-state index contributed by atoms with van der Waals surface area (Å²) in [5.74, 6) is 0. The van der Waals surface area contributed by atoms with Gasteiger partial charge in [0.05, 0.1) is 0 Å². The van der Waals surface area contributed by atoms with Crippen LogP contribution in [0.4, 0.5) is 5.69 Å². The zero-order chi connectivity index (χ0) is 9.14. The van der Waals surface area contributed by atoms with Crippen molar-refractivity contribution < 1.29 is 10.0 Å². The Morgan fingerprint density at radius 1 is 1.42 bits per heavy atom. The van der Waals surface area contributed by atoms with E-state index < -0.39 is 7.12 Å². The van der Waals surface area contributed by atoms with E-state index in [2.05, 4.69) is 0 Å². The Labute approximate surface area is 75.7 Å². The average Bonchev–Trinajstić information content (AvgIpc) is 2.03. The lowest BCUT2D eigenvalue weighted by atomic mass is 9.80. The summed E-state index contributed by atoms with van der Waals surface area (Å²) in [5, 5.41) is 17.9. The first-order valence-electron chi connectivity index (χ1n) is 3.45. The van der Waals surface area contributed by atoms with Crippen molar-refractivity contribution in [3.63, 3.8) is 0 Å². The van der Waals surface area contributed by atoms with Crippen LogP contribution in [0.3, 0.4) is 0 Å². The first-order chi connectivity index (χ1) is 5.66. The summed E-state index contributed by atoms with van der Waals surface area (Å²) in [5.41, 5.74) is 6.66. The maximum atomic E-state index is 8.95. The van der Waals surface area contributed by atoms with Gasteiger partial charge in [-0.25, -0.2) is 0 Å². The fraction of sp³-hybridized carbons (Fsp3) is 0.143. The molecule has 0 atom stereocenters. The predicted octanol–water partition coefficient (Wildman–Crippen LogP) is -0.330. The molecule has 0 amide bonds. The number of hydrogen-bond donors (Lipinski definition) is 3. The van der Waals surface area contributed by atoms with Crippen molar-refractivity contribution in [3.8, 4) is 0 Å². The number of benzene rings is 1. The third-order valence-electron chi connectivity index (χ3n) is 1.56. The maximum Gasteiger partial charge on any atom is 0.489 e. The maximum absolute atomic E-state index is 8.95. The van der Waals surface area contributed by atoms with Crippen molar-refractivity contribution in [3.05, 3.63) is 18.2 Å². The molecule has 0 spiro atoms. The predicted molar refractivity (Wildman–Crippen MR) is 52.5 cm³/mol. The van der Waals surface area contributed by atoms with Crippen LogP contribution in [0.25, 0.3) is 0 Å². The highest BCUT2D eigenvalue weighted by atomic mass is 32.2.